The highest BCUT2D eigenvalue weighted by molar-refractivity contribution is 7.90. The standard InChI is InChI=1S/C27H29FN4O4S/c1-37(33,34)12-11-29-15-21-6-9-25(36-21)19-5-7-23-22(14-19)27(31-17-30-23)32-24-8-10-26(24)35-16-18-3-2-4-20(28)13-18/h2-7,9,13-14,17,24,26,29H,8,10-12,15-16H2,1H3,(H,30,31,32)/t24?,26-/m0/s1. The fourth-order valence-electron chi connectivity index (χ4n) is 4.26. The average molecular weight is 525 g/mol. The third-order valence-corrected chi connectivity index (χ3v) is 7.36. The fourth-order valence-corrected chi connectivity index (χ4v) is 4.78. The smallest absolute Gasteiger partial charge is 0.148 e. The number of aromatic nitrogens is 2. The van der Waals surface area contributed by atoms with Crippen molar-refractivity contribution in [2.24, 2.45) is 0 Å². The van der Waals surface area contributed by atoms with Gasteiger partial charge in [0.15, 0.2) is 0 Å². The highest BCUT2D eigenvalue weighted by Gasteiger charge is 2.32. The molecule has 0 bridgehead atoms. The number of nitrogens with one attached hydrogen (secondary N) is 2. The Morgan fingerprint density at radius 1 is 1.11 bits per heavy atom. The van der Waals surface area contributed by atoms with Crippen LogP contribution in [0.25, 0.3) is 22.2 Å². The molecule has 2 N–H and O–H groups in total. The molecule has 10 heteroatoms. The lowest BCUT2D eigenvalue weighted by Gasteiger charge is -2.37. The molecule has 194 valence electrons. The predicted molar refractivity (Wildman–Crippen MR) is 140 cm³/mol. The molecule has 1 aliphatic rings. The molecule has 2 heterocycles. The van der Waals surface area contributed by atoms with Gasteiger partial charge in [-0.05, 0) is 60.9 Å². The van der Waals surface area contributed by atoms with Crippen molar-refractivity contribution in [3.63, 3.8) is 0 Å². The molecule has 0 aliphatic heterocycles. The van der Waals surface area contributed by atoms with Gasteiger partial charge in [0, 0.05) is 23.8 Å². The first-order valence-electron chi connectivity index (χ1n) is 12.2. The van der Waals surface area contributed by atoms with Crippen LogP contribution in [0.1, 0.15) is 24.2 Å². The summed E-state index contributed by atoms with van der Waals surface area (Å²) >= 11 is 0. The Morgan fingerprint density at radius 2 is 2.00 bits per heavy atom. The summed E-state index contributed by atoms with van der Waals surface area (Å²) in [5.74, 6) is 1.97. The first kappa shape index (κ1) is 25.3. The summed E-state index contributed by atoms with van der Waals surface area (Å²) in [5.41, 5.74) is 2.51. The van der Waals surface area contributed by atoms with E-state index in [0.717, 1.165) is 46.4 Å². The first-order valence-corrected chi connectivity index (χ1v) is 14.2. The van der Waals surface area contributed by atoms with Crippen LogP contribution in [-0.2, 0) is 27.7 Å². The van der Waals surface area contributed by atoms with E-state index in [1.807, 2.05) is 36.4 Å². The highest BCUT2D eigenvalue weighted by atomic mass is 32.2. The van der Waals surface area contributed by atoms with Gasteiger partial charge in [0.1, 0.15) is 39.3 Å². The lowest BCUT2D eigenvalue weighted by Crippen LogP contribution is -2.44. The van der Waals surface area contributed by atoms with Gasteiger partial charge in [0.2, 0.25) is 0 Å². The van der Waals surface area contributed by atoms with E-state index in [2.05, 4.69) is 20.6 Å². The predicted octanol–water partition coefficient (Wildman–Crippen LogP) is 4.32. The molecule has 2 aromatic heterocycles. The van der Waals surface area contributed by atoms with Crippen molar-refractivity contribution in [1.29, 1.82) is 0 Å². The molecule has 0 radical (unpaired) electrons. The SMILES string of the molecule is CS(=O)(=O)CCNCc1ccc(-c2ccc3ncnc(NC4CC[C@@H]4OCc4cccc(F)c4)c3c2)o1. The van der Waals surface area contributed by atoms with E-state index in [0.29, 0.717) is 25.5 Å². The Labute approximate surface area is 215 Å². The summed E-state index contributed by atoms with van der Waals surface area (Å²) in [5, 5.41) is 7.48. The van der Waals surface area contributed by atoms with Crippen LogP contribution in [-0.4, -0.2) is 49.1 Å². The quantitative estimate of drug-likeness (QED) is 0.280. The van der Waals surface area contributed by atoms with Crippen molar-refractivity contribution in [3.8, 4) is 11.3 Å². The van der Waals surface area contributed by atoms with E-state index in [1.165, 1.54) is 18.4 Å². The molecule has 0 amide bonds. The van der Waals surface area contributed by atoms with Gasteiger partial charge in [-0.2, -0.15) is 0 Å². The third kappa shape index (κ3) is 6.51. The maximum absolute atomic E-state index is 13.5. The minimum absolute atomic E-state index is 0.0132. The molecule has 1 unspecified atom stereocenters. The number of hydrogen-bond donors (Lipinski definition) is 2. The maximum atomic E-state index is 13.5. The monoisotopic (exact) mass is 524 g/mol. The van der Waals surface area contributed by atoms with Crippen LogP contribution in [0.3, 0.4) is 0 Å². The van der Waals surface area contributed by atoms with E-state index in [-0.39, 0.29) is 23.7 Å². The van der Waals surface area contributed by atoms with Crippen LogP contribution in [0, 0.1) is 5.82 Å². The number of fused-ring (bicyclic) bond motifs is 1. The van der Waals surface area contributed by atoms with Crippen molar-refractivity contribution in [2.75, 3.05) is 23.9 Å². The first-order chi connectivity index (χ1) is 17.8. The Kier molecular flexibility index (Phi) is 7.50. The molecule has 1 fully saturated rings. The molecule has 8 nitrogen and oxygen atoms in total. The second-order valence-corrected chi connectivity index (χ2v) is 11.6. The van der Waals surface area contributed by atoms with Gasteiger partial charge >= 0.3 is 0 Å². The number of sulfone groups is 1. The Hall–Kier alpha value is -3.34. The molecule has 2 atom stereocenters. The number of benzene rings is 2. The maximum Gasteiger partial charge on any atom is 0.148 e. The van der Waals surface area contributed by atoms with Gasteiger partial charge in [-0.15, -0.1) is 0 Å². The number of anilines is 1. The zero-order valence-corrected chi connectivity index (χ0v) is 21.3. The van der Waals surface area contributed by atoms with Gasteiger partial charge in [0.05, 0.1) is 36.6 Å². The van der Waals surface area contributed by atoms with Crippen LogP contribution >= 0.6 is 0 Å². The fraction of sp³-hybridized carbons (Fsp3) is 0.333. The van der Waals surface area contributed by atoms with Gasteiger partial charge in [-0.25, -0.2) is 22.8 Å². The summed E-state index contributed by atoms with van der Waals surface area (Å²) in [6.45, 7) is 1.17. The summed E-state index contributed by atoms with van der Waals surface area (Å²) < 4.78 is 48.0. The molecular formula is C27H29FN4O4S. The number of furan rings is 1. The zero-order valence-electron chi connectivity index (χ0n) is 20.5. The molecule has 0 saturated heterocycles. The number of nitrogens with zero attached hydrogens (tertiary/aromatic N) is 2. The largest absolute Gasteiger partial charge is 0.460 e. The topological polar surface area (TPSA) is 106 Å². The molecule has 4 aromatic rings. The summed E-state index contributed by atoms with van der Waals surface area (Å²) in [6.07, 6.45) is 4.65. The van der Waals surface area contributed by atoms with Crippen molar-refractivity contribution < 1.29 is 22.0 Å². The van der Waals surface area contributed by atoms with Crippen molar-refractivity contribution in [2.45, 2.75) is 38.1 Å². The molecule has 5 rings (SSSR count). The van der Waals surface area contributed by atoms with E-state index in [1.54, 1.807) is 12.4 Å². The van der Waals surface area contributed by atoms with Crippen LogP contribution in [0.15, 0.2) is 65.3 Å². The molecular weight excluding hydrogens is 495 g/mol. The summed E-state index contributed by atoms with van der Waals surface area (Å²) in [7, 11) is -3.00. The minimum atomic E-state index is -3.00. The lowest BCUT2D eigenvalue weighted by molar-refractivity contribution is -0.0187. The molecule has 1 aliphatic carbocycles. The molecule has 37 heavy (non-hydrogen) atoms. The minimum Gasteiger partial charge on any atom is -0.460 e. The van der Waals surface area contributed by atoms with Crippen molar-refractivity contribution in [3.05, 3.63) is 78.1 Å². The van der Waals surface area contributed by atoms with Gasteiger partial charge in [-0.3, -0.25) is 0 Å². The van der Waals surface area contributed by atoms with Gasteiger partial charge < -0.3 is 19.8 Å². The molecule has 1 saturated carbocycles. The number of halogens is 1. The van der Waals surface area contributed by atoms with Crippen molar-refractivity contribution >= 4 is 26.6 Å². The number of ether oxygens (including phenoxy) is 1. The average Bonchev–Trinajstić information content (AvgIpc) is 3.33. The Morgan fingerprint density at radius 3 is 2.78 bits per heavy atom. The Bertz CT molecular complexity index is 1490. The van der Waals surface area contributed by atoms with Crippen molar-refractivity contribution in [1.82, 2.24) is 15.3 Å². The van der Waals surface area contributed by atoms with E-state index in [9.17, 15) is 12.8 Å². The van der Waals surface area contributed by atoms with E-state index in [4.69, 9.17) is 9.15 Å². The van der Waals surface area contributed by atoms with Crippen LogP contribution in [0.4, 0.5) is 10.2 Å². The zero-order chi connectivity index (χ0) is 25.8. The second kappa shape index (κ2) is 11.0. The third-order valence-electron chi connectivity index (χ3n) is 6.42. The summed E-state index contributed by atoms with van der Waals surface area (Å²) in [4.78, 5) is 8.88. The molecule has 0 spiro atoms. The van der Waals surface area contributed by atoms with Crippen LogP contribution in [0.2, 0.25) is 0 Å². The highest BCUT2D eigenvalue weighted by Crippen LogP contribution is 2.32. The van der Waals surface area contributed by atoms with Gasteiger partial charge in [0.25, 0.3) is 0 Å². The summed E-state index contributed by atoms with van der Waals surface area (Å²) in [6, 6.07) is 16.2. The Balaban J connectivity index is 1.25. The van der Waals surface area contributed by atoms with E-state index >= 15 is 0 Å². The second-order valence-electron chi connectivity index (χ2n) is 9.33. The normalized spacial score (nSPS) is 17.6. The number of hydrogen-bond acceptors (Lipinski definition) is 8. The lowest BCUT2D eigenvalue weighted by atomic mass is 9.88. The molecule has 2 aromatic carbocycles. The van der Waals surface area contributed by atoms with Gasteiger partial charge in [-0.1, -0.05) is 12.1 Å². The van der Waals surface area contributed by atoms with E-state index < -0.39 is 9.84 Å². The number of rotatable bonds is 11. The van der Waals surface area contributed by atoms with Crippen LogP contribution in [0.5, 0.6) is 0 Å². The van der Waals surface area contributed by atoms with Crippen LogP contribution < -0.4 is 10.6 Å².